The van der Waals surface area contributed by atoms with Crippen molar-refractivity contribution in [1.82, 2.24) is 16.0 Å². The van der Waals surface area contributed by atoms with Crippen molar-refractivity contribution in [2.75, 3.05) is 45.2 Å². The molecule has 17 atom stereocenters. The maximum atomic E-state index is 13.9. The number of rotatable bonds is 7. The molecule has 3 saturated carbocycles. The van der Waals surface area contributed by atoms with E-state index in [2.05, 4.69) is 88.2 Å². The van der Waals surface area contributed by atoms with Crippen LogP contribution in [0.1, 0.15) is 164 Å². The molecule has 17 heteroatoms. The third kappa shape index (κ3) is 10.7. The Bertz CT molecular complexity index is 3920. The number of phenols is 2. The average molecular weight is 1310 g/mol. The number of nitrogens with two attached hydrogens (primary N) is 1. The van der Waals surface area contributed by atoms with Gasteiger partial charge in [0.1, 0.15) is 42.0 Å². The number of allylic oxidation sites excluding steroid dienone is 3. The van der Waals surface area contributed by atoms with E-state index in [1.165, 1.54) is 24.5 Å². The van der Waals surface area contributed by atoms with E-state index in [4.69, 9.17) is 29.4 Å². The van der Waals surface area contributed by atoms with Gasteiger partial charge in [-0.25, -0.2) is 0 Å². The van der Waals surface area contributed by atoms with Gasteiger partial charge < -0.3 is 70.9 Å². The van der Waals surface area contributed by atoms with Gasteiger partial charge in [-0.05, 0) is 152 Å². The minimum atomic E-state index is -0.926. The first-order chi connectivity index (χ1) is 45.8. The number of aliphatic hydroxyl groups excluding tert-OH is 3. The van der Waals surface area contributed by atoms with E-state index in [1.54, 1.807) is 13.2 Å². The zero-order chi connectivity index (χ0) is 64.1. The lowest BCUT2D eigenvalue weighted by molar-refractivity contribution is -0.141. The third-order valence-electron chi connectivity index (χ3n) is 24.2. The van der Waals surface area contributed by atoms with Gasteiger partial charge in [0.25, 0.3) is 0 Å². The lowest BCUT2D eigenvalue weighted by Gasteiger charge is -2.51. The highest BCUT2D eigenvalue weighted by atomic mass is 33.1. The van der Waals surface area contributed by atoms with Gasteiger partial charge in [0.2, 0.25) is 0 Å². The summed E-state index contributed by atoms with van der Waals surface area (Å²) in [5.41, 5.74) is 17.8. The molecule has 94 heavy (non-hydrogen) atoms. The fraction of sp³-hybridized carbons (Fsp3) is 0.545. The number of nitrogens with one attached hydrogen (secondary N) is 3. The van der Waals surface area contributed by atoms with Crippen LogP contribution in [0.5, 0.6) is 28.7 Å². The smallest absolute Gasteiger partial charge is 0.302 e. The molecule has 0 amide bonds. The number of dihydropyridines is 1. The van der Waals surface area contributed by atoms with Crippen molar-refractivity contribution in [1.29, 1.82) is 0 Å². The zero-order valence-electron chi connectivity index (χ0n) is 53.9. The van der Waals surface area contributed by atoms with Crippen molar-refractivity contribution < 1.29 is 54.0 Å². The molecule has 6 aliphatic heterocycles. The van der Waals surface area contributed by atoms with E-state index in [1.807, 2.05) is 33.7 Å². The van der Waals surface area contributed by atoms with Gasteiger partial charge in [0.05, 0.1) is 36.5 Å². The molecule has 10 N–H and O–H groups in total. The van der Waals surface area contributed by atoms with Crippen LogP contribution < -0.4 is 35.9 Å². The number of hydrogen-bond acceptors (Lipinski definition) is 17. The van der Waals surface area contributed by atoms with Gasteiger partial charge in [0.15, 0.2) is 18.3 Å². The molecule has 4 fully saturated rings. The molecule has 15 nitrogen and oxygen atoms in total. The number of fused-ring (bicyclic) bond motifs is 16. The van der Waals surface area contributed by atoms with E-state index in [9.17, 15) is 30.3 Å². The molecule has 494 valence electrons. The highest BCUT2D eigenvalue weighted by Gasteiger charge is 2.59. The Balaban J connectivity index is 1.06. The van der Waals surface area contributed by atoms with Crippen LogP contribution in [0.3, 0.4) is 0 Å². The van der Waals surface area contributed by atoms with Crippen molar-refractivity contribution >= 4 is 33.6 Å². The van der Waals surface area contributed by atoms with Gasteiger partial charge in [-0.3, -0.25) is 4.79 Å². The number of esters is 1. The predicted octanol–water partition coefficient (Wildman–Crippen LogP) is 10.3. The Morgan fingerprint density at radius 3 is 2.62 bits per heavy atom. The van der Waals surface area contributed by atoms with Gasteiger partial charge >= 0.3 is 5.97 Å². The molecule has 0 radical (unpaired) electrons. The Hall–Kier alpha value is -6.09. The minimum Gasteiger partial charge on any atom is -0.508 e. The van der Waals surface area contributed by atoms with Crippen LogP contribution >= 0.6 is 21.6 Å². The first-order valence-corrected chi connectivity index (χ1v) is 37.3. The summed E-state index contributed by atoms with van der Waals surface area (Å²) < 4.78 is 34.4. The molecule has 1 saturated heterocycles. The number of ether oxygens (including phenoxy) is 5. The van der Waals surface area contributed by atoms with Crippen molar-refractivity contribution in [3.8, 4) is 63.6 Å². The predicted molar refractivity (Wildman–Crippen MR) is 364 cm³/mol. The van der Waals surface area contributed by atoms with E-state index >= 15 is 0 Å². The van der Waals surface area contributed by atoms with Crippen LogP contribution in [0.15, 0.2) is 72.0 Å². The number of carbonyl (C=O) groups excluding carboxylic acids is 1. The van der Waals surface area contributed by atoms with Crippen molar-refractivity contribution in [3.05, 3.63) is 128 Å². The molecule has 6 aliphatic carbocycles. The summed E-state index contributed by atoms with van der Waals surface area (Å²) in [6, 6.07) is 14.6. The molecular formula is C77H88N4O11S2. The SMILES string of the molecule is COCC1C2C#CC3C#CC4=C(C=CC(N)N4)C4C5CCC6(Cc7cc(O)cc(OCO)c7-c7ccc8c(c76)OC(c6c7c(c(O)c(c63)CNC(CCCc3ccc(cc3C2)C42CCCCC2O)C1CO)OC1CSSCC2CCCC(C2)NC1C=C7)C8COC(C)=O)C5. The lowest BCUT2D eigenvalue weighted by atomic mass is 9.54. The zero-order valence-corrected chi connectivity index (χ0v) is 55.5. The average Bonchev–Trinajstić information content (AvgIpc) is 1.46. The number of methoxy groups -OCH3 is 1. The second kappa shape index (κ2) is 25.4. The Labute approximate surface area is 559 Å². The number of carbonyl (C=O) groups is 1. The Morgan fingerprint density at radius 1 is 0.872 bits per heavy atom. The van der Waals surface area contributed by atoms with Crippen LogP contribution in [0.25, 0.3) is 17.2 Å². The number of aliphatic hydroxyl groups is 3. The lowest BCUT2D eigenvalue weighted by Crippen LogP contribution is -2.52. The highest BCUT2D eigenvalue weighted by Crippen LogP contribution is 2.66. The molecular weight excluding hydrogens is 1220 g/mol. The first-order valence-electron chi connectivity index (χ1n) is 34.8. The Kier molecular flexibility index (Phi) is 16.9. The maximum absolute atomic E-state index is 13.9. The quantitative estimate of drug-likeness (QED) is 0.0363. The molecule has 17 unspecified atom stereocenters. The van der Waals surface area contributed by atoms with E-state index in [-0.39, 0.29) is 79.0 Å². The van der Waals surface area contributed by atoms with E-state index in [0.29, 0.717) is 90.0 Å². The van der Waals surface area contributed by atoms with Crippen molar-refractivity contribution in [3.63, 3.8) is 0 Å². The number of phenolic OH excluding ortho intramolecular Hbond substituents is 2. The van der Waals surface area contributed by atoms with Crippen LogP contribution in [-0.4, -0.2) is 113 Å². The Morgan fingerprint density at radius 2 is 1.77 bits per heavy atom. The van der Waals surface area contributed by atoms with Crippen LogP contribution in [-0.2, 0) is 50.9 Å². The minimum absolute atomic E-state index is 0.0151. The summed E-state index contributed by atoms with van der Waals surface area (Å²) in [7, 11) is 5.48. The van der Waals surface area contributed by atoms with Gasteiger partial charge in [-0.1, -0.05) is 107 Å². The molecule has 6 heterocycles. The fourth-order valence-electron chi connectivity index (χ4n) is 20.1. The number of aromatic hydroxyl groups is 2. The second-order valence-electron chi connectivity index (χ2n) is 29.2. The topological polar surface area (TPSA) is 226 Å². The second-order valence-corrected chi connectivity index (χ2v) is 31.8. The normalized spacial score (nSPS) is 34.6. The maximum Gasteiger partial charge on any atom is 0.302 e. The highest BCUT2D eigenvalue weighted by molar-refractivity contribution is 8.76. The van der Waals surface area contributed by atoms with E-state index < -0.39 is 59.9 Å². The van der Waals surface area contributed by atoms with E-state index in [0.717, 1.165) is 114 Å². The number of hydrogen-bond donors (Lipinski definition) is 9. The number of aryl methyl sites for hydroxylation is 1. The molecule has 12 bridgehead atoms. The van der Waals surface area contributed by atoms with Crippen LogP contribution in [0, 0.1) is 59.2 Å². The molecule has 0 aromatic heterocycles. The summed E-state index contributed by atoms with van der Waals surface area (Å²) in [5, 5.41) is 73.7. The molecule has 2 spiro atoms. The van der Waals surface area contributed by atoms with Crippen LogP contribution in [0.2, 0.25) is 0 Å². The van der Waals surface area contributed by atoms with Gasteiger partial charge in [0, 0.05) is 125 Å². The number of benzene rings is 4. The van der Waals surface area contributed by atoms with Crippen molar-refractivity contribution in [2.45, 2.75) is 181 Å². The first kappa shape index (κ1) is 62.7. The third-order valence-corrected chi connectivity index (χ3v) is 26.7. The summed E-state index contributed by atoms with van der Waals surface area (Å²) >= 11 is 0. The molecule has 4 aromatic carbocycles. The van der Waals surface area contributed by atoms with Gasteiger partial charge in [-0.15, -0.1) is 0 Å². The largest absolute Gasteiger partial charge is 0.508 e. The standard InChI is InChI=1S/C77H88N4O11S2/c1-41(84)89-37-59-52-17-18-54-67-48(30-51(85)31-63(67)90-40-83)33-76-26-24-46(32-76)70-53-20-23-66(78)81-61(53)21-15-44-12-13-45-28-47-29-49(77(70)25-4-3-11-65(77)86)16-14-43(47)8-6-10-60(57(35-82)58(45)36-88-2)79-34-56-68(44)69(73(59)92-74(52)71(54)76)55-19-22-62-64(91-75(55)72(56)87)39-94-93-38-42-7-5-9-50(27-42)80-62/h14,16-20,22-23,29-31,42,44-46,50,57-60,62,64-66,70,73,79-83,85-87H,3-11,24-28,32-40,78H2,1-2H3. The van der Waals surface area contributed by atoms with Gasteiger partial charge in [-0.2, -0.15) is 0 Å². The molecule has 4 aromatic rings. The molecule has 16 rings (SSSR count). The van der Waals surface area contributed by atoms with Crippen molar-refractivity contribution in [2.24, 2.45) is 41.2 Å². The fourth-order valence-corrected chi connectivity index (χ4v) is 22.8. The monoisotopic (exact) mass is 1310 g/mol. The van der Waals surface area contributed by atoms with Crippen LogP contribution in [0.4, 0.5) is 0 Å². The summed E-state index contributed by atoms with van der Waals surface area (Å²) in [5.74, 6) is 16.1. The molecule has 12 aliphatic rings. The summed E-state index contributed by atoms with van der Waals surface area (Å²) in [4.78, 5) is 13.5. The summed E-state index contributed by atoms with van der Waals surface area (Å²) in [6.45, 7) is 1.15. The summed E-state index contributed by atoms with van der Waals surface area (Å²) in [6.07, 6.45) is 19.2.